The maximum absolute atomic E-state index is 11.9. The van der Waals surface area contributed by atoms with Crippen LogP contribution < -0.4 is 16.6 Å². The number of nitrogens with one attached hydrogen (secondary N) is 2. The van der Waals surface area contributed by atoms with Gasteiger partial charge in [-0.15, -0.1) is 0 Å². The van der Waals surface area contributed by atoms with Crippen LogP contribution in [0.4, 0.5) is 0 Å². The van der Waals surface area contributed by atoms with Crippen LogP contribution >= 0.6 is 0 Å². The molecule has 0 aliphatic carbocycles. The number of nitrogens with zero attached hydrogens (tertiary/aromatic N) is 3. The Balaban J connectivity index is 2.17. The monoisotopic (exact) mass is 263 g/mol. The molecule has 0 spiro atoms. The van der Waals surface area contributed by atoms with Crippen molar-refractivity contribution in [3.63, 3.8) is 0 Å². The Hall–Kier alpha value is -2.15. The van der Waals surface area contributed by atoms with Gasteiger partial charge in [0.15, 0.2) is 0 Å². The molecule has 0 bridgehead atoms. The zero-order valence-electron chi connectivity index (χ0n) is 11.2. The topological polar surface area (TPSA) is 84.7 Å². The van der Waals surface area contributed by atoms with Crippen molar-refractivity contribution in [3.8, 4) is 0 Å². The molecule has 0 amide bonds. The molecule has 0 radical (unpaired) electrons. The van der Waals surface area contributed by atoms with Crippen molar-refractivity contribution in [3.05, 3.63) is 50.6 Å². The molecule has 0 fully saturated rings. The second-order valence-electron chi connectivity index (χ2n) is 4.55. The van der Waals surface area contributed by atoms with Crippen molar-refractivity contribution >= 4 is 0 Å². The van der Waals surface area contributed by atoms with Gasteiger partial charge in [-0.05, 0) is 6.92 Å². The summed E-state index contributed by atoms with van der Waals surface area (Å²) in [5.74, 6) is 0. The summed E-state index contributed by atoms with van der Waals surface area (Å²) in [6.45, 7) is 2.38. The first-order valence-corrected chi connectivity index (χ1v) is 5.98. The van der Waals surface area contributed by atoms with E-state index in [0.29, 0.717) is 12.1 Å². The number of aryl methyl sites for hydroxylation is 1. The third-order valence-electron chi connectivity index (χ3n) is 3.14. The summed E-state index contributed by atoms with van der Waals surface area (Å²) in [7, 11) is 3.11. The summed E-state index contributed by atoms with van der Waals surface area (Å²) in [5.41, 5.74) is 0.980. The van der Waals surface area contributed by atoms with Gasteiger partial charge in [0, 0.05) is 50.2 Å². The molecule has 2 aromatic heterocycles. The maximum atomic E-state index is 11.9. The fourth-order valence-electron chi connectivity index (χ4n) is 1.88. The van der Waals surface area contributed by atoms with Crippen LogP contribution in [0.2, 0.25) is 0 Å². The zero-order chi connectivity index (χ0) is 14.0. The molecule has 7 nitrogen and oxygen atoms in total. The summed E-state index contributed by atoms with van der Waals surface area (Å²) in [6, 6.07) is 0.0701. The molecule has 0 saturated carbocycles. The number of rotatable bonds is 4. The highest BCUT2D eigenvalue weighted by molar-refractivity contribution is 5.10. The molecule has 2 aromatic rings. The lowest BCUT2D eigenvalue weighted by atomic mass is 10.2. The highest BCUT2D eigenvalue weighted by Gasteiger charge is 2.10. The summed E-state index contributed by atoms with van der Waals surface area (Å²) < 4.78 is 2.51. The highest BCUT2D eigenvalue weighted by Crippen LogP contribution is 2.09. The maximum Gasteiger partial charge on any atom is 0.330 e. The van der Waals surface area contributed by atoms with Crippen molar-refractivity contribution in [1.29, 1.82) is 0 Å². The summed E-state index contributed by atoms with van der Waals surface area (Å²) in [4.78, 5) is 23.5. The lowest BCUT2D eigenvalue weighted by molar-refractivity contribution is 0.559. The smallest absolute Gasteiger partial charge is 0.306 e. The first-order valence-electron chi connectivity index (χ1n) is 5.98. The van der Waals surface area contributed by atoms with Crippen molar-refractivity contribution in [2.75, 3.05) is 0 Å². The van der Waals surface area contributed by atoms with E-state index in [1.54, 1.807) is 25.6 Å². The lowest BCUT2D eigenvalue weighted by Gasteiger charge is -2.12. The van der Waals surface area contributed by atoms with Crippen molar-refractivity contribution in [2.24, 2.45) is 14.1 Å². The van der Waals surface area contributed by atoms with Gasteiger partial charge >= 0.3 is 5.69 Å². The molecule has 7 heteroatoms. The molecule has 2 N–H and O–H groups in total. The molecule has 1 atom stereocenters. The fourth-order valence-corrected chi connectivity index (χ4v) is 1.88. The van der Waals surface area contributed by atoms with Gasteiger partial charge < -0.3 is 9.88 Å². The normalized spacial score (nSPS) is 12.6. The molecular formula is C12H17N5O2. The van der Waals surface area contributed by atoms with Gasteiger partial charge in [0.2, 0.25) is 0 Å². The Labute approximate surface area is 109 Å². The summed E-state index contributed by atoms with van der Waals surface area (Å²) in [5, 5.41) is 9.85. The average molecular weight is 263 g/mol. The van der Waals surface area contributed by atoms with Gasteiger partial charge in [-0.3, -0.25) is 14.5 Å². The quantitative estimate of drug-likeness (QED) is 0.790. The van der Waals surface area contributed by atoms with E-state index in [-0.39, 0.29) is 17.3 Å². The van der Waals surface area contributed by atoms with E-state index in [4.69, 9.17) is 0 Å². The molecule has 19 heavy (non-hydrogen) atoms. The summed E-state index contributed by atoms with van der Waals surface area (Å²) >= 11 is 0. The highest BCUT2D eigenvalue weighted by atomic mass is 16.2. The van der Waals surface area contributed by atoms with Crippen LogP contribution in [-0.2, 0) is 20.6 Å². The van der Waals surface area contributed by atoms with Crippen molar-refractivity contribution in [2.45, 2.75) is 19.5 Å². The standard InChI is InChI=1S/C12H17N5O2/c1-8(9-5-14-15-6-9)13-4-10-7-16(2)12(19)17(3)11(10)18/h5-8,13H,4H2,1-3H3,(H,14,15). The Morgan fingerprint density at radius 3 is 2.79 bits per heavy atom. The molecule has 0 aliphatic rings. The molecule has 102 valence electrons. The van der Waals surface area contributed by atoms with Gasteiger partial charge in [0.25, 0.3) is 5.56 Å². The van der Waals surface area contributed by atoms with Crippen LogP contribution in [0, 0.1) is 0 Å². The predicted molar refractivity (Wildman–Crippen MR) is 70.8 cm³/mol. The van der Waals surface area contributed by atoms with E-state index in [9.17, 15) is 9.59 Å². The van der Waals surface area contributed by atoms with Crippen LogP contribution in [0.15, 0.2) is 28.2 Å². The molecule has 0 saturated heterocycles. The van der Waals surface area contributed by atoms with Gasteiger partial charge in [0.1, 0.15) is 0 Å². The minimum Gasteiger partial charge on any atom is -0.306 e. The number of hydrogen-bond acceptors (Lipinski definition) is 4. The number of H-pyrrole nitrogens is 1. The Kier molecular flexibility index (Phi) is 3.66. The molecule has 1 unspecified atom stereocenters. The minimum absolute atomic E-state index is 0.0701. The number of hydrogen-bond donors (Lipinski definition) is 2. The van der Waals surface area contributed by atoms with E-state index in [0.717, 1.165) is 10.1 Å². The van der Waals surface area contributed by atoms with E-state index in [1.165, 1.54) is 11.6 Å². The first-order chi connectivity index (χ1) is 9.00. The number of aromatic nitrogens is 4. The average Bonchev–Trinajstić information content (AvgIpc) is 2.92. The molecule has 2 rings (SSSR count). The van der Waals surface area contributed by atoms with Gasteiger partial charge in [-0.25, -0.2) is 4.79 Å². The number of aromatic amines is 1. The van der Waals surface area contributed by atoms with E-state index in [2.05, 4.69) is 15.5 Å². The van der Waals surface area contributed by atoms with Crippen LogP contribution in [0.5, 0.6) is 0 Å². The summed E-state index contributed by atoms with van der Waals surface area (Å²) in [6.07, 6.45) is 5.10. The third kappa shape index (κ3) is 2.65. The lowest BCUT2D eigenvalue weighted by Crippen LogP contribution is -2.39. The van der Waals surface area contributed by atoms with Gasteiger partial charge in [-0.2, -0.15) is 5.10 Å². The van der Waals surface area contributed by atoms with Crippen LogP contribution in [0.3, 0.4) is 0 Å². The van der Waals surface area contributed by atoms with E-state index < -0.39 is 0 Å². The van der Waals surface area contributed by atoms with Crippen molar-refractivity contribution < 1.29 is 0 Å². The first kappa shape index (κ1) is 13.3. The van der Waals surface area contributed by atoms with Crippen molar-refractivity contribution in [1.82, 2.24) is 24.6 Å². The zero-order valence-corrected chi connectivity index (χ0v) is 11.2. The van der Waals surface area contributed by atoms with E-state index >= 15 is 0 Å². The second-order valence-corrected chi connectivity index (χ2v) is 4.55. The van der Waals surface area contributed by atoms with Crippen LogP contribution in [-0.4, -0.2) is 19.3 Å². The van der Waals surface area contributed by atoms with Crippen LogP contribution in [0.25, 0.3) is 0 Å². The Morgan fingerprint density at radius 2 is 2.16 bits per heavy atom. The van der Waals surface area contributed by atoms with Gasteiger partial charge in [-0.1, -0.05) is 0 Å². The van der Waals surface area contributed by atoms with Gasteiger partial charge in [0.05, 0.1) is 6.20 Å². The Bertz CT molecular complexity index is 668. The largest absolute Gasteiger partial charge is 0.330 e. The predicted octanol–water partition coefficient (Wildman–Crippen LogP) is -0.342. The molecule has 0 aliphatic heterocycles. The third-order valence-corrected chi connectivity index (χ3v) is 3.14. The minimum atomic E-state index is -0.323. The van der Waals surface area contributed by atoms with Crippen LogP contribution in [0.1, 0.15) is 24.1 Å². The SMILES string of the molecule is CC(NCc1cn(C)c(=O)n(C)c1=O)c1cn[nH]c1. The Morgan fingerprint density at radius 1 is 1.42 bits per heavy atom. The van der Waals surface area contributed by atoms with E-state index in [1.807, 2.05) is 6.92 Å². The molecular weight excluding hydrogens is 246 g/mol. The molecule has 2 heterocycles. The second kappa shape index (κ2) is 5.23. The molecule has 0 aromatic carbocycles. The fraction of sp³-hybridized carbons (Fsp3) is 0.417.